The van der Waals surface area contributed by atoms with Crippen molar-refractivity contribution in [1.82, 2.24) is 20.3 Å². The van der Waals surface area contributed by atoms with Gasteiger partial charge in [0.1, 0.15) is 18.0 Å². The minimum absolute atomic E-state index is 0.0204. The third-order valence-corrected chi connectivity index (χ3v) is 7.67. The fourth-order valence-corrected chi connectivity index (χ4v) is 5.12. The summed E-state index contributed by atoms with van der Waals surface area (Å²) in [5, 5.41) is 12.9. The molecule has 0 radical (unpaired) electrons. The van der Waals surface area contributed by atoms with Crippen molar-refractivity contribution in [3.63, 3.8) is 0 Å². The van der Waals surface area contributed by atoms with E-state index < -0.39 is 17.4 Å². The molecule has 3 heterocycles. The number of anilines is 2. The van der Waals surface area contributed by atoms with E-state index in [-0.39, 0.29) is 49.3 Å². The van der Waals surface area contributed by atoms with Gasteiger partial charge in [-0.25, -0.2) is 19.2 Å². The molecule has 1 unspecified atom stereocenters. The lowest BCUT2D eigenvalue weighted by Gasteiger charge is -2.38. The number of nitrogens with two attached hydrogens (primary N) is 1. The van der Waals surface area contributed by atoms with Crippen LogP contribution >= 0.6 is 0 Å². The molecule has 1 aromatic carbocycles. The molecule has 2 aromatic heterocycles. The number of nitrogens with zero attached hydrogens (tertiary/aromatic N) is 7. The molecule has 0 bridgehead atoms. The predicted octanol–water partition coefficient (Wildman–Crippen LogP) is 4.61. The molecule has 1 fully saturated rings. The summed E-state index contributed by atoms with van der Waals surface area (Å²) >= 11 is 0. The number of rotatable bonds is 16. The van der Waals surface area contributed by atoms with Gasteiger partial charge in [-0.3, -0.25) is 4.98 Å². The summed E-state index contributed by atoms with van der Waals surface area (Å²) in [6, 6.07) is 7.46. The van der Waals surface area contributed by atoms with Crippen LogP contribution in [0.1, 0.15) is 47.1 Å². The number of azide groups is 1. The van der Waals surface area contributed by atoms with Gasteiger partial charge in [-0.1, -0.05) is 28.5 Å². The maximum Gasteiger partial charge on any atom is 0.341 e. The molecule has 1 aliphatic carbocycles. The first-order valence-electron chi connectivity index (χ1n) is 14.6. The Morgan fingerprint density at radius 3 is 2.85 bits per heavy atom. The van der Waals surface area contributed by atoms with Crippen molar-refractivity contribution in [2.75, 3.05) is 44.8 Å². The maximum absolute atomic E-state index is 14.2. The lowest BCUT2D eigenvalue weighted by atomic mass is 9.87. The van der Waals surface area contributed by atoms with Crippen molar-refractivity contribution in [3.05, 3.63) is 98.3 Å². The van der Waals surface area contributed by atoms with Crippen LogP contribution in [0.4, 0.5) is 15.9 Å². The first-order valence-corrected chi connectivity index (χ1v) is 14.6. The number of nitrogens with one attached hydrogen (secondary N) is 2. The zero-order chi connectivity index (χ0) is 32.4. The average molecular weight is 633 g/mol. The highest BCUT2D eigenvalue weighted by molar-refractivity contribution is 5.96. The highest BCUT2D eigenvalue weighted by Gasteiger charge is 2.40. The van der Waals surface area contributed by atoms with E-state index in [4.69, 9.17) is 30.5 Å². The molecule has 0 amide bonds. The number of aromatic nitrogens is 3. The number of carbonyl (C=O) groups excluding carboxylic acids is 1. The summed E-state index contributed by atoms with van der Waals surface area (Å²) < 4.78 is 30.9. The summed E-state index contributed by atoms with van der Waals surface area (Å²) in [6.45, 7) is 0.939. The fraction of sp³-hybridized carbons (Fsp3) is 0.400. The molecule has 5 rings (SSSR count). The second-order valence-electron chi connectivity index (χ2n) is 10.9. The van der Waals surface area contributed by atoms with E-state index in [2.05, 4.69) is 35.8 Å². The lowest BCUT2D eigenvalue weighted by Crippen LogP contribution is -2.49. The molecule has 0 saturated carbocycles. The van der Waals surface area contributed by atoms with Gasteiger partial charge in [0.2, 0.25) is 0 Å². The zero-order valence-corrected chi connectivity index (χ0v) is 24.9. The molecular weight excluding hydrogens is 599 g/mol. The first-order chi connectivity index (χ1) is 22.4. The van der Waals surface area contributed by atoms with Gasteiger partial charge >= 0.3 is 5.97 Å². The van der Waals surface area contributed by atoms with E-state index in [1.54, 1.807) is 24.3 Å². The number of hydrogen-bond acceptors (Lipinski definition) is 13. The Hall–Kier alpha value is -5.18. The summed E-state index contributed by atoms with van der Waals surface area (Å²) in [5.74, 6) is -0.236. The van der Waals surface area contributed by atoms with E-state index in [1.165, 1.54) is 24.7 Å². The van der Waals surface area contributed by atoms with Gasteiger partial charge < -0.3 is 30.6 Å². The second kappa shape index (κ2) is 15.2. The second-order valence-corrected chi connectivity index (χ2v) is 10.9. The minimum Gasteiger partial charge on any atom is -0.487 e. The zero-order valence-electron chi connectivity index (χ0n) is 24.9. The molecule has 46 heavy (non-hydrogen) atoms. The van der Waals surface area contributed by atoms with Crippen molar-refractivity contribution < 1.29 is 23.4 Å². The number of pyridine rings is 1. The van der Waals surface area contributed by atoms with Crippen molar-refractivity contribution in [2.45, 2.75) is 31.8 Å². The number of hydrogen-bond donors (Lipinski definition) is 3. The number of nitroso groups, excluding NO2 is 1. The van der Waals surface area contributed by atoms with Gasteiger partial charge in [-0.15, -0.1) is 0 Å². The van der Waals surface area contributed by atoms with Crippen LogP contribution in [-0.2, 0) is 16.0 Å². The number of allylic oxidation sites excluding steroid dienone is 1. The highest BCUT2D eigenvalue weighted by atomic mass is 19.1. The van der Waals surface area contributed by atoms with Gasteiger partial charge in [0.15, 0.2) is 17.4 Å². The third-order valence-electron chi connectivity index (χ3n) is 7.67. The van der Waals surface area contributed by atoms with Crippen LogP contribution in [0.2, 0.25) is 0 Å². The molecule has 1 saturated heterocycles. The van der Waals surface area contributed by atoms with Gasteiger partial charge in [-0.2, -0.15) is 4.91 Å². The number of halogens is 1. The monoisotopic (exact) mass is 632 g/mol. The van der Waals surface area contributed by atoms with Crippen LogP contribution in [0.3, 0.4) is 0 Å². The van der Waals surface area contributed by atoms with Crippen LogP contribution < -0.4 is 21.1 Å². The predicted molar refractivity (Wildman–Crippen MR) is 164 cm³/mol. The van der Waals surface area contributed by atoms with Gasteiger partial charge in [0, 0.05) is 35.1 Å². The normalized spacial score (nSPS) is 15.7. The average Bonchev–Trinajstić information content (AvgIpc) is 3.53. The Kier molecular flexibility index (Phi) is 10.7. The standard InChI is InChI=1S/C30H33FN10O5/c31-22-6-2-1-4-19(22)12-35-23-7-3-5-20(23)26(32)28-36-14-25(46-18-30(15-38-43)16-44-17-30)27(40-28)39-24-8-9-34-13-21(24)29(42)45-11-10-37-41-33/h1-2,4,6,8-9,13-14,26,35H,3,5,7,10-12,15-18,32H2,(H,34,36,39,40). The molecular formula is C30H33FN10O5. The summed E-state index contributed by atoms with van der Waals surface area (Å²) in [7, 11) is 0. The van der Waals surface area contributed by atoms with Gasteiger partial charge in [-0.05, 0) is 42.5 Å². The largest absolute Gasteiger partial charge is 0.487 e. The van der Waals surface area contributed by atoms with Crippen LogP contribution in [-0.4, -0.2) is 60.4 Å². The van der Waals surface area contributed by atoms with Crippen LogP contribution in [0.25, 0.3) is 10.4 Å². The first kappa shape index (κ1) is 32.2. The lowest BCUT2D eigenvalue weighted by molar-refractivity contribution is -0.125. The van der Waals surface area contributed by atoms with Crippen molar-refractivity contribution in [1.29, 1.82) is 0 Å². The Labute approximate surface area is 263 Å². The molecule has 16 heteroatoms. The SMILES string of the molecule is [N-]=[N+]=NCCOC(=O)c1cnccc1Nc1nc(C(N)C2=C(NCc3ccccc3F)CCC2)ncc1OCC1(CN=O)COC1. The smallest absolute Gasteiger partial charge is 0.341 e. The van der Waals surface area contributed by atoms with E-state index >= 15 is 0 Å². The number of carbonyl (C=O) groups is 1. The Morgan fingerprint density at radius 2 is 2.09 bits per heavy atom. The van der Waals surface area contributed by atoms with E-state index in [9.17, 15) is 14.1 Å². The quantitative estimate of drug-likeness (QED) is 0.0495. The van der Waals surface area contributed by atoms with Crippen molar-refractivity contribution >= 4 is 17.5 Å². The summed E-state index contributed by atoms with van der Waals surface area (Å²) in [5.41, 5.74) is 17.4. The fourth-order valence-electron chi connectivity index (χ4n) is 5.12. The van der Waals surface area contributed by atoms with Crippen molar-refractivity contribution in [2.24, 2.45) is 21.4 Å². The molecule has 4 N–H and O–H groups in total. The third kappa shape index (κ3) is 7.72. The Morgan fingerprint density at radius 1 is 1.24 bits per heavy atom. The molecule has 3 aromatic rings. The number of ether oxygens (including phenoxy) is 3. The molecule has 1 atom stereocenters. The summed E-state index contributed by atoms with van der Waals surface area (Å²) in [6.07, 6.45) is 6.63. The Bertz CT molecular complexity index is 1640. The minimum atomic E-state index is -0.693. The molecule has 1 aliphatic heterocycles. The number of esters is 1. The van der Waals surface area contributed by atoms with Crippen LogP contribution in [0, 0.1) is 16.1 Å². The van der Waals surface area contributed by atoms with Crippen LogP contribution in [0.15, 0.2) is 70.5 Å². The molecule has 15 nitrogen and oxygen atoms in total. The van der Waals surface area contributed by atoms with E-state index in [1.807, 2.05) is 0 Å². The highest BCUT2D eigenvalue weighted by Crippen LogP contribution is 2.36. The number of benzene rings is 1. The van der Waals surface area contributed by atoms with Crippen molar-refractivity contribution in [3.8, 4) is 5.75 Å². The van der Waals surface area contributed by atoms with Gasteiger partial charge in [0.25, 0.3) is 0 Å². The Balaban J connectivity index is 1.41. The van der Waals surface area contributed by atoms with E-state index in [0.717, 1.165) is 24.1 Å². The summed E-state index contributed by atoms with van der Waals surface area (Å²) in [4.78, 5) is 39.8. The van der Waals surface area contributed by atoms with Gasteiger partial charge in [0.05, 0.1) is 56.3 Å². The maximum atomic E-state index is 14.2. The molecule has 2 aliphatic rings. The topological polar surface area (TPSA) is 212 Å². The van der Waals surface area contributed by atoms with E-state index in [0.29, 0.717) is 43.3 Å². The van der Waals surface area contributed by atoms with Crippen LogP contribution in [0.5, 0.6) is 5.75 Å². The molecule has 0 spiro atoms. The molecule has 240 valence electrons.